The van der Waals surface area contributed by atoms with Crippen LogP contribution in [0.1, 0.15) is 63.7 Å². The molecular formula is C54H46N4O10S2. The first-order valence-corrected chi connectivity index (χ1v) is 23.4. The van der Waals surface area contributed by atoms with Gasteiger partial charge in [0.1, 0.15) is 24.2 Å². The lowest BCUT2D eigenvalue weighted by atomic mass is 9.82. The van der Waals surface area contributed by atoms with E-state index in [0.717, 1.165) is 54.6 Å². The number of fused-ring (bicyclic) bond motifs is 2. The SMILES string of the molecule is C[n+]1ccc(CCN2C(=O)c3ccc4c5ccc6c7c(ccc(c8ccc(c3c48)C2=O)c75)C(=O)N(CCc2cc[n+](C)cc2)C6=O)cc1.Cc1ccc(OO[O-])cc1.Cc1ccc(S(=O)(=O)[O-])cc1.S. The summed E-state index contributed by atoms with van der Waals surface area (Å²) in [5, 5.41) is 19.2. The third-order valence-corrected chi connectivity index (χ3v) is 13.5. The van der Waals surface area contributed by atoms with E-state index in [9.17, 15) is 37.4 Å². The molecule has 0 bridgehead atoms. The Morgan fingerprint density at radius 1 is 0.486 bits per heavy atom. The molecule has 0 radical (unpaired) electrons. The molecule has 11 rings (SSSR count). The van der Waals surface area contributed by atoms with E-state index in [0.29, 0.717) is 51.6 Å². The lowest BCUT2D eigenvalue weighted by molar-refractivity contribution is -0.778. The van der Waals surface area contributed by atoms with E-state index in [4.69, 9.17) is 0 Å². The molecule has 70 heavy (non-hydrogen) atoms. The van der Waals surface area contributed by atoms with E-state index in [1.165, 1.54) is 21.9 Å². The molecule has 0 fully saturated rings. The molecule has 0 N–H and O–H groups in total. The Balaban J connectivity index is 0.000000248. The predicted molar refractivity (Wildman–Crippen MR) is 263 cm³/mol. The van der Waals surface area contributed by atoms with Crippen molar-refractivity contribution in [3.63, 3.8) is 0 Å². The van der Waals surface area contributed by atoms with Crippen LogP contribution in [0.2, 0.25) is 0 Å². The molecule has 9 aromatic rings. The lowest BCUT2D eigenvalue weighted by Crippen LogP contribution is -2.41. The van der Waals surface area contributed by atoms with Crippen LogP contribution in [0.5, 0.6) is 5.75 Å². The summed E-state index contributed by atoms with van der Waals surface area (Å²) < 4.78 is 35.1. The zero-order chi connectivity index (χ0) is 48.7. The van der Waals surface area contributed by atoms with Crippen LogP contribution in [-0.2, 0) is 42.1 Å². The van der Waals surface area contributed by atoms with E-state index in [-0.39, 0.29) is 55.1 Å². The fourth-order valence-electron chi connectivity index (χ4n) is 8.99. The van der Waals surface area contributed by atoms with Crippen LogP contribution < -0.4 is 19.3 Å². The minimum absolute atomic E-state index is 0. The highest BCUT2D eigenvalue weighted by molar-refractivity contribution is 7.85. The molecule has 0 saturated heterocycles. The molecule has 0 unspecified atom stereocenters. The first kappa shape index (κ1) is 48.8. The van der Waals surface area contributed by atoms with Crippen LogP contribution in [-0.4, -0.2) is 59.5 Å². The van der Waals surface area contributed by atoms with Gasteiger partial charge in [-0.15, -0.1) is 0 Å². The fraction of sp³-hybridized carbons (Fsp3) is 0.148. The summed E-state index contributed by atoms with van der Waals surface area (Å²) >= 11 is 0. The number of benzene rings is 7. The Kier molecular flexibility index (Phi) is 13.8. The maximum Gasteiger partial charge on any atom is 0.261 e. The smallest absolute Gasteiger partial charge is 0.261 e. The first-order chi connectivity index (χ1) is 33.1. The number of amides is 4. The summed E-state index contributed by atoms with van der Waals surface area (Å²) in [6, 6.07) is 35.8. The Bertz CT molecular complexity index is 3310. The van der Waals surface area contributed by atoms with Gasteiger partial charge in [-0.05, 0) is 119 Å². The summed E-state index contributed by atoms with van der Waals surface area (Å²) in [6.45, 7) is 4.34. The number of rotatable bonds is 9. The number of aryl methyl sites for hydroxylation is 4. The molecule has 7 aromatic carbocycles. The molecule has 2 aromatic heterocycles. The fourth-order valence-corrected chi connectivity index (χ4v) is 9.46. The molecule has 0 spiro atoms. The topological polar surface area (TPSA) is 181 Å². The van der Waals surface area contributed by atoms with Gasteiger partial charge >= 0.3 is 0 Å². The Morgan fingerprint density at radius 3 is 1.13 bits per heavy atom. The van der Waals surface area contributed by atoms with E-state index in [2.05, 4.69) is 9.93 Å². The highest BCUT2D eigenvalue weighted by Gasteiger charge is 2.36. The van der Waals surface area contributed by atoms with Crippen molar-refractivity contribution in [2.24, 2.45) is 14.1 Å². The van der Waals surface area contributed by atoms with Gasteiger partial charge in [-0.1, -0.05) is 59.7 Å². The van der Waals surface area contributed by atoms with Gasteiger partial charge in [0.2, 0.25) is 0 Å². The zero-order valence-corrected chi connectivity index (χ0v) is 40.3. The molecule has 14 nitrogen and oxygen atoms in total. The van der Waals surface area contributed by atoms with Crippen molar-refractivity contribution in [3.8, 4) is 5.75 Å². The number of imide groups is 2. The van der Waals surface area contributed by atoms with Gasteiger partial charge in [0, 0.05) is 70.4 Å². The highest BCUT2D eigenvalue weighted by atomic mass is 32.2. The molecule has 4 heterocycles. The van der Waals surface area contributed by atoms with Crippen molar-refractivity contribution in [1.29, 1.82) is 0 Å². The average Bonchev–Trinajstić information content (AvgIpc) is 3.34. The predicted octanol–water partition coefficient (Wildman–Crippen LogP) is 6.66. The largest absolute Gasteiger partial charge is 0.744 e. The van der Waals surface area contributed by atoms with Crippen molar-refractivity contribution >= 4 is 90.3 Å². The van der Waals surface area contributed by atoms with Gasteiger partial charge < -0.3 is 14.7 Å². The molecule has 0 aliphatic carbocycles. The van der Waals surface area contributed by atoms with Crippen molar-refractivity contribution in [2.75, 3.05) is 13.1 Å². The molecule has 2 aliphatic heterocycles. The quantitative estimate of drug-likeness (QED) is 0.0289. The molecule has 354 valence electrons. The minimum Gasteiger partial charge on any atom is -0.744 e. The van der Waals surface area contributed by atoms with Gasteiger partial charge in [0.05, 0.1) is 4.90 Å². The summed E-state index contributed by atoms with van der Waals surface area (Å²) in [4.78, 5) is 62.2. The van der Waals surface area contributed by atoms with Gasteiger partial charge in [-0.2, -0.15) is 13.5 Å². The Hall–Kier alpha value is -7.60. The number of hydrogen-bond acceptors (Lipinski definition) is 10. The average molecular weight is 975 g/mol. The normalized spacial score (nSPS) is 13.1. The third kappa shape index (κ3) is 9.30. The second-order valence-corrected chi connectivity index (χ2v) is 18.5. The minimum atomic E-state index is -4.27. The lowest BCUT2D eigenvalue weighted by Gasteiger charge is -2.30. The van der Waals surface area contributed by atoms with Crippen molar-refractivity contribution < 1.29 is 56.5 Å². The number of carbonyl (C=O) groups excluding carboxylic acids is 4. The second kappa shape index (κ2) is 19.8. The molecule has 16 heteroatoms. The van der Waals surface area contributed by atoms with Gasteiger partial charge in [-0.25, -0.2) is 22.6 Å². The van der Waals surface area contributed by atoms with E-state index in [1.807, 2.05) is 147 Å². The maximum atomic E-state index is 13.9. The molecule has 4 amide bonds. The van der Waals surface area contributed by atoms with Gasteiger partial charge in [0.15, 0.2) is 30.5 Å². The summed E-state index contributed by atoms with van der Waals surface area (Å²) in [7, 11) is -0.375. The van der Waals surface area contributed by atoms with Crippen LogP contribution in [0, 0.1) is 13.8 Å². The molecule has 0 atom stereocenters. The van der Waals surface area contributed by atoms with Crippen LogP contribution in [0.15, 0.2) is 151 Å². The number of nitrogens with zero attached hydrogens (tertiary/aromatic N) is 4. The van der Waals surface area contributed by atoms with E-state index < -0.39 is 10.1 Å². The zero-order valence-electron chi connectivity index (χ0n) is 38.5. The number of hydrogen-bond donors (Lipinski definition) is 0. The number of carbonyl (C=O) groups is 4. The third-order valence-electron chi connectivity index (χ3n) is 12.6. The molecule has 2 aliphatic rings. The maximum absolute atomic E-state index is 13.9. The van der Waals surface area contributed by atoms with Crippen molar-refractivity contribution in [3.05, 3.63) is 191 Å². The van der Waals surface area contributed by atoms with Gasteiger partial charge in [-0.3, -0.25) is 29.0 Å². The monoisotopic (exact) mass is 974 g/mol. The highest BCUT2D eigenvalue weighted by Crippen LogP contribution is 2.46. The van der Waals surface area contributed by atoms with E-state index >= 15 is 0 Å². The van der Waals surface area contributed by atoms with Gasteiger partial charge in [0.25, 0.3) is 23.6 Å². The number of pyridine rings is 2. The molecule has 0 saturated carbocycles. The Morgan fingerprint density at radius 2 is 0.814 bits per heavy atom. The summed E-state index contributed by atoms with van der Waals surface area (Å²) in [5.74, 6) is -0.770. The second-order valence-electron chi connectivity index (χ2n) is 17.1. The summed E-state index contributed by atoms with van der Waals surface area (Å²) in [6.07, 6.45) is 8.93. The summed E-state index contributed by atoms with van der Waals surface area (Å²) in [5.41, 5.74) is 6.16. The first-order valence-electron chi connectivity index (χ1n) is 22.0. The Labute approximate surface area is 409 Å². The molecular weight excluding hydrogens is 929 g/mol. The van der Waals surface area contributed by atoms with E-state index in [1.54, 1.807) is 24.3 Å². The number of aromatic nitrogens is 2. The standard InChI is InChI=1S/C40H30N4O4.C7H8O3S.C7H8O3.H2S/c1-41-17-11-23(12-18-41)15-21-43-37(45)29-7-3-25-27-5-9-31-36-32(40(48)44(39(31)47)22-16-24-13-19-42(2)20-14-24)10-6-28(34(27)36)26-4-8-30(38(43)46)35(29)33(25)26;1-6-2-4-7(5-3-6)11(8,9)10;1-6-2-4-7(5-3-6)9-10-8;/h3-14,17-20H,15-16,21-22H2,1-2H3;2-5H,1H3,(H,8,9,10);2-5,8H,1H3;1H2/q+2;;;/p-2. The van der Waals surface area contributed by atoms with Crippen molar-refractivity contribution in [1.82, 2.24) is 9.80 Å². The van der Waals surface area contributed by atoms with Crippen molar-refractivity contribution in [2.45, 2.75) is 31.6 Å². The van der Waals surface area contributed by atoms with Crippen LogP contribution in [0.25, 0.3) is 43.1 Å². The van der Waals surface area contributed by atoms with Crippen LogP contribution in [0.4, 0.5) is 0 Å². The van der Waals surface area contributed by atoms with Crippen LogP contribution in [0.3, 0.4) is 0 Å². The van der Waals surface area contributed by atoms with Crippen LogP contribution >= 0.6 is 13.5 Å².